The summed E-state index contributed by atoms with van der Waals surface area (Å²) in [6.07, 6.45) is 18.6. The Morgan fingerprint density at radius 1 is 0.935 bits per heavy atom. The van der Waals surface area contributed by atoms with Gasteiger partial charge in [0.05, 0.1) is 6.10 Å². The third kappa shape index (κ3) is 4.17. The summed E-state index contributed by atoms with van der Waals surface area (Å²) in [4.78, 5) is 13.7. The van der Waals surface area contributed by atoms with Crippen molar-refractivity contribution in [1.82, 2.24) is 0 Å². The summed E-state index contributed by atoms with van der Waals surface area (Å²) in [5.74, 6) is 3.27. The fourth-order valence-corrected chi connectivity index (χ4v) is 7.47. The molecule has 0 aliphatic heterocycles. The summed E-state index contributed by atoms with van der Waals surface area (Å²) in [5.41, 5.74) is 1.40. The van der Waals surface area contributed by atoms with E-state index in [1.165, 1.54) is 69.8 Å². The van der Waals surface area contributed by atoms with E-state index in [1.807, 2.05) is 0 Å². The molecular weight excluding hydrogens is 380 g/mol. The van der Waals surface area contributed by atoms with Gasteiger partial charge in [0.1, 0.15) is 6.10 Å². The van der Waals surface area contributed by atoms with Crippen LogP contribution in [0.2, 0.25) is 0 Å². The van der Waals surface area contributed by atoms with Crippen LogP contribution >= 0.6 is 0 Å². The molecule has 0 N–H and O–H groups in total. The maximum Gasteiger partial charge on any atom is 0.165 e. The molecule has 31 heavy (non-hydrogen) atoms. The molecule has 0 spiro atoms. The lowest BCUT2D eigenvalue weighted by molar-refractivity contribution is -0.139. The van der Waals surface area contributed by atoms with Crippen molar-refractivity contribution in [1.29, 1.82) is 0 Å². The molecule has 0 unspecified atom stereocenters. The zero-order valence-corrected chi connectivity index (χ0v) is 19.3. The standard InChI is InChI=1S/C29H40O2/c1-2-3-4-5-9-15-24-26-21-17-18-22(19-21)27(26)28(30)29(24)31-25-16-11-10-14-23(25)20-12-7-6-8-13-20/h6-8,12-13,17-18,21-27,29H,2-5,9-11,14-16,19H2,1H3/t21-,22+,23+,24-,25-,26-,27-,29+/m1/s1. The van der Waals surface area contributed by atoms with Crippen molar-refractivity contribution in [3.8, 4) is 0 Å². The van der Waals surface area contributed by atoms with Crippen LogP contribution in [-0.2, 0) is 9.53 Å². The quantitative estimate of drug-likeness (QED) is 0.315. The second-order valence-corrected chi connectivity index (χ2v) is 10.7. The van der Waals surface area contributed by atoms with E-state index in [4.69, 9.17) is 4.74 Å². The number of unbranched alkanes of at least 4 members (excludes halogenated alkanes) is 4. The Balaban J connectivity index is 1.32. The number of hydrogen-bond donors (Lipinski definition) is 0. The number of allylic oxidation sites excluding steroid dienone is 2. The number of carbonyl (C=O) groups excluding carboxylic acids is 1. The Hall–Kier alpha value is -1.41. The normalized spacial score (nSPS) is 38.7. The minimum atomic E-state index is -0.152. The van der Waals surface area contributed by atoms with Gasteiger partial charge in [0.2, 0.25) is 0 Å². The van der Waals surface area contributed by atoms with Gasteiger partial charge in [0.15, 0.2) is 5.78 Å². The van der Waals surface area contributed by atoms with E-state index in [9.17, 15) is 4.79 Å². The third-order valence-electron chi connectivity index (χ3n) is 8.91. The molecule has 4 aliphatic carbocycles. The van der Waals surface area contributed by atoms with E-state index >= 15 is 0 Å². The molecule has 0 saturated heterocycles. The van der Waals surface area contributed by atoms with Crippen molar-refractivity contribution >= 4 is 5.78 Å². The minimum Gasteiger partial charge on any atom is -0.366 e. The van der Waals surface area contributed by atoms with Gasteiger partial charge in [-0.3, -0.25) is 4.79 Å². The highest BCUT2D eigenvalue weighted by atomic mass is 16.5. The Labute approximate surface area is 188 Å². The molecule has 5 rings (SSSR count). The van der Waals surface area contributed by atoms with Crippen LogP contribution in [0.3, 0.4) is 0 Å². The maximum absolute atomic E-state index is 13.7. The van der Waals surface area contributed by atoms with E-state index < -0.39 is 0 Å². The molecule has 0 heterocycles. The highest BCUT2D eigenvalue weighted by Gasteiger charge is 2.60. The van der Waals surface area contributed by atoms with Gasteiger partial charge in [-0.05, 0) is 54.9 Å². The average Bonchev–Trinajstić information content (AvgIpc) is 3.49. The second-order valence-electron chi connectivity index (χ2n) is 10.7. The highest BCUT2D eigenvalue weighted by molar-refractivity contribution is 5.90. The van der Waals surface area contributed by atoms with Gasteiger partial charge in [-0.2, -0.15) is 0 Å². The Morgan fingerprint density at radius 2 is 1.71 bits per heavy atom. The van der Waals surface area contributed by atoms with Crippen molar-refractivity contribution in [2.45, 2.75) is 95.7 Å². The van der Waals surface area contributed by atoms with Crippen LogP contribution < -0.4 is 0 Å². The molecule has 0 radical (unpaired) electrons. The van der Waals surface area contributed by atoms with Crippen LogP contribution in [0.1, 0.15) is 89.0 Å². The summed E-state index contributed by atoms with van der Waals surface area (Å²) < 4.78 is 6.91. The Bertz CT molecular complexity index is 768. The largest absolute Gasteiger partial charge is 0.366 e. The van der Waals surface area contributed by atoms with E-state index in [1.54, 1.807) is 0 Å². The molecule has 2 nitrogen and oxygen atoms in total. The highest BCUT2D eigenvalue weighted by Crippen LogP contribution is 2.58. The van der Waals surface area contributed by atoms with Crippen LogP contribution in [0.15, 0.2) is 42.5 Å². The topological polar surface area (TPSA) is 26.3 Å². The van der Waals surface area contributed by atoms with Gasteiger partial charge in [-0.1, -0.05) is 94.4 Å². The number of Topliss-reactive ketones (excluding diaryl/α,β-unsaturated/α-hetero) is 1. The zero-order chi connectivity index (χ0) is 21.2. The van der Waals surface area contributed by atoms with Crippen molar-refractivity contribution < 1.29 is 9.53 Å². The molecule has 0 amide bonds. The first-order chi connectivity index (χ1) is 15.3. The number of ether oxygens (including phenoxy) is 1. The summed E-state index contributed by atoms with van der Waals surface area (Å²) in [6.45, 7) is 2.28. The number of carbonyl (C=O) groups is 1. The van der Waals surface area contributed by atoms with Gasteiger partial charge in [-0.25, -0.2) is 0 Å². The van der Waals surface area contributed by atoms with Crippen LogP contribution in [0.5, 0.6) is 0 Å². The zero-order valence-electron chi connectivity index (χ0n) is 19.3. The SMILES string of the molecule is CCCCCCC[C@@H]1[C@@H]2[C@H](C(=O)[C@H]1O[C@@H]1CCCC[C@H]1c1ccccc1)[C@H]1C=C[C@@H]2C1. The molecule has 3 saturated carbocycles. The molecule has 2 heteroatoms. The number of ketones is 1. The second kappa shape index (κ2) is 9.61. The van der Waals surface area contributed by atoms with Gasteiger partial charge >= 0.3 is 0 Å². The molecule has 0 aromatic heterocycles. The first kappa shape index (κ1) is 21.4. The number of benzene rings is 1. The fourth-order valence-electron chi connectivity index (χ4n) is 7.47. The summed E-state index contributed by atoms with van der Waals surface area (Å²) in [5, 5.41) is 0. The van der Waals surface area contributed by atoms with E-state index in [-0.39, 0.29) is 18.1 Å². The molecule has 168 valence electrons. The van der Waals surface area contributed by atoms with Crippen LogP contribution in [0.25, 0.3) is 0 Å². The van der Waals surface area contributed by atoms with E-state index in [0.717, 1.165) is 6.42 Å². The smallest absolute Gasteiger partial charge is 0.165 e. The molecular formula is C29H40O2. The van der Waals surface area contributed by atoms with Gasteiger partial charge in [-0.15, -0.1) is 0 Å². The molecule has 2 bridgehead atoms. The van der Waals surface area contributed by atoms with Crippen LogP contribution in [0.4, 0.5) is 0 Å². The predicted molar refractivity (Wildman–Crippen MR) is 126 cm³/mol. The molecule has 4 aliphatic rings. The lowest BCUT2D eigenvalue weighted by atomic mass is 9.78. The van der Waals surface area contributed by atoms with Crippen molar-refractivity contribution in [3.05, 3.63) is 48.0 Å². The minimum absolute atomic E-state index is 0.152. The predicted octanol–water partition coefficient (Wildman–Crippen LogP) is 7.10. The van der Waals surface area contributed by atoms with Gasteiger partial charge in [0, 0.05) is 11.8 Å². The van der Waals surface area contributed by atoms with Crippen molar-refractivity contribution in [2.24, 2.45) is 29.6 Å². The lowest BCUT2D eigenvalue weighted by Gasteiger charge is -2.36. The van der Waals surface area contributed by atoms with Gasteiger partial charge < -0.3 is 4.74 Å². The first-order valence-electron chi connectivity index (χ1n) is 13.2. The number of fused-ring (bicyclic) bond motifs is 5. The number of rotatable bonds is 9. The monoisotopic (exact) mass is 420 g/mol. The summed E-state index contributed by atoms with van der Waals surface area (Å²) >= 11 is 0. The number of hydrogen-bond acceptors (Lipinski definition) is 2. The van der Waals surface area contributed by atoms with Crippen LogP contribution in [-0.4, -0.2) is 18.0 Å². The van der Waals surface area contributed by atoms with Crippen molar-refractivity contribution in [3.63, 3.8) is 0 Å². The van der Waals surface area contributed by atoms with Gasteiger partial charge in [0.25, 0.3) is 0 Å². The van der Waals surface area contributed by atoms with E-state index in [2.05, 4.69) is 49.4 Å². The fraction of sp³-hybridized carbons (Fsp3) is 0.690. The third-order valence-corrected chi connectivity index (χ3v) is 8.91. The van der Waals surface area contributed by atoms with Crippen molar-refractivity contribution in [2.75, 3.05) is 0 Å². The summed E-state index contributed by atoms with van der Waals surface area (Å²) in [7, 11) is 0. The molecule has 8 atom stereocenters. The van der Waals surface area contributed by atoms with E-state index in [0.29, 0.717) is 35.4 Å². The molecule has 3 fully saturated rings. The average molecular weight is 421 g/mol. The molecule has 1 aromatic rings. The molecule has 1 aromatic carbocycles. The maximum atomic E-state index is 13.7. The Kier molecular flexibility index (Phi) is 6.64. The Morgan fingerprint density at radius 3 is 2.55 bits per heavy atom. The summed E-state index contributed by atoms with van der Waals surface area (Å²) in [6, 6.07) is 10.9. The lowest BCUT2D eigenvalue weighted by Crippen LogP contribution is -2.37. The van der Waals surface area contributed by atoms with Crippen LogP contribution in [0, 0.1) is 29.6 Å². The first-order valence-corrected chi connectivity index (χ1v) is 13.2.